The van der Waals surface area contributed by atoms with Gasteiger partial charge in [-0.3, -0.25) is 9.88 Å². The van der Waals surface area contributed by atoms with E-state index in [2.05, 4.69) is 61.5 Å². The van der Waals surface area contributed by atoms with Crippen molar-refractivity contribution in [2.75, 3.05) is 58.9 Å². The predicted molar refractivity (Wildman–Crippen MR) is 191 cm³/mol. The smallest absolute Gasteiger partial charge is 0.0416 e. The van der Waals surface area contributed by atoms with Crippen LogP contribution in [0.25, 0.3) is 0 Å². The first-order chi connectivity index (χ1) is 15.4. The summed E-state index contributed by atoms with van der Waals surface area (Å²) in [4.78, 5) is 6.96. The lowest BCUT2D eigenvalue weighted by atomic mass is 10.1. The molecule has 0 amide bonds. The molecule has 218 valence electrons. The number of benzene rings is 1. The molecule has 6 nitrogen and oxygen atoms in total. The number of pyridine rings is 1. The Hall–Kier alpha value is 1.05. The van der Waals surface area contributed by atoms with Crippen LogP contribution in [-0.2, 0) is 19.5 Å². The van der Waals surface area contributed by atoms with Gasteiger partial charge in [-0.1, -0.05) is 30.3 Å². The minimum absolute atomic E-state index is 0. The summed E-state index contributed by atoms with van der Waals surface area (Å²) < 4.78 is 0. The summed E-state index contributed by atoms with van der Waals surface area (Å²) in [5.74, 6) is 0. The fourth-order valence-electron chi connectivity index (χ4n) is 3.84. The molecule has 1 aromatic heterocycles. The van der Waals surface area contributed by atoms with Gasteiger partial charge in [0.25, 0.3) is 0 Å². The van der Waals surface area contributed by atoms with E-state index in [1.807, 2.05) is 18.3 Å². The number of halogens is 6. The standard InChI is InChI=1S/C25H40N6.6BrH/c1-2-14-30-25(5-1)10-15-29-21-23-6-8-24(9-7-23)22-31-19-4-13-27-17-16-26-11-3-12-28-18-20-31;;;;;;/h1-2,5-9,14,26-29H,3-4,10-13,15-22H2;6*1H. The summed E-state index contributed by atoms with van der Waals surface area (Å²) in [5.41, 5.74) is 3.88. The quantitative estimate of drug-likeness (QED) is 0.286. The van der Waals surface area contributed by atoms with Gasteiger partial charge in [-0.15, -0.1) is 102 Å². The minimum Gasteiger partial charge on any atom is -0.315 e. The molecular weight excluding hydrogens is 864 g/mol. The summed E-state index contributed by atoms with van der Waals surface area (Å²) in [6.45, 7) is 11.6. The van der Waals surface area contributed by atoms with Crippen molar-refractivity contribution in [3.05, 3.63) is 65.5 Å². The zero-order valence-corrected chi connectivity index (χ0v) is 31.6. The molecule has 0 bridgehead atoms. The Kier molecular flexibility index (Phi) is 36.6. The van der Waals surface area contributed by atoms with E-state index in [4.69, 9.17) is 0 Å². The highest BCUT2D eigenvalue weighted by Crippen LogP contribution is 2.08. The van der Waals surface area contributed by atoms with Crippen molar-refractivity contribution in [1.82, 2.24) is 31.2 Å². The van der Waals surface area contributed by atoms with E-state index in [-0.39, 0.29) is 102 Å². The first kappa shape index (κ1) is 45.1. The lowest BCUT2D eigenvalue weighted by molar-refractivity contribution is 0.260. The molecule has 0 radical (unpaired) electrons. The van der Waals surface area contributed by atoms with Crippen LogP contribution in [-0.4, -0.2) is 68.8 Å². The Bertz CT molecular complexity index is 701. The summed E-state index contributed by atoms with van der Waals surface area (Å²) in [7, 11) is 0. The molecular formula is C25H46Br6N6. The van der Waals surface area contributed by atoms with Crippen LogP contribution in [0.1, 0.15) is 29.7 Å². The molecule has 0 atom stereocenters. The van der Waals surface area contributed by atoms with E-state index in [1.54, 1.807) is 0 Å². The summed E-state index contributed by atoms with van der Waals surface area (Å²) in [6, 6.07) is 15.2. The largest absolute Gasteiger partial charge is 0.315 e. The average Bonchev–Trinajstić information content (AvgIpc) is 2.81. The predicted octanol–water partition coefficient (Wildman–Crippen LogP) is 5.25. The van der Waals surface area contributed by atoms with Gasteiger partial charge in [0.05, 0.1) is 0 Å². The number of nitrogens with one attached hydrogen (secondary N) is 4. The van der Waals surface area contributed by atoms with E-state index >= 15 is 0 Å². The van der Waals surface area contributed by atoms with E-state index in [9.17, 15) is 0 Å². The van der Waals surface area contributed by atoms with Gasteiger partial charge >= 0.3 is 0 Å². The van der Waals surface area contributed by atoms with E-state index in [0.29, 0.717) is 0 Å². The van der Waals surface area contributed by atoms with Crippen molar-refractivity contribution in [2.45, 2.75) is 32.4 Å². The van der Waals surface area contributed by atoms with Gasteiger partial charge in [0.2, 0.25) is 0 Å². The van der Waals surface area contributed by atoms with Crippen LogP contribution in [0.5, 0.6) is 0 Å². The number of aromatic nitrogens is 1. The molecule has 0 spiro atoms. The second-order valence-electron chi connectivity index (χ2n) is 8.30. The zero-order chi connectivity index (χ0) is 21.4. The van der Waals surface area contributed by atoms with Gasteiger partial charge in [-0.05, 0) is 62.3 Å². The molecule has 2 heterocycles. The minimum atomic E-state index is 0. The molecule has 37 heavy (non-hydrogen) atoms. The third-order valence-electron chi connectivity index (χ3n) is 5.66. The topological polar surface area (TPSA) is 64.2 Å². The third kappa shape index (κ3) is 21.5. The molecule has 12 heteroatoms. The molecule has 0 aliphatic carbocycles. The number of hydrogen-bond acceptors (Lipinski definition) is 6. The SMILES string of the molecule is Br.Br.Br.Br.Br.Br.c1ccc(CCNCc2ccc(CN3CCCNCCNCCCNCC3)cc2)nc1. The first-order valence-electron chi connectivity index (χ1n) is 11.9. The van der Waals surface area contributed by atoms with E-state index in [0.717, 1.165) is 84.1 Å². The molecule has 1 aromatic carbocycles. The first-order valence-corrected chi connectivity index (χ1v) is 11.9. The molecule has 0 unspecified atom stereocenters. The van der Waals surface area contributed by atoms with Crippen LogP contribution in [0, 0.1) is 0 Å². The van der Waals surface area contributed by atoms with Gasteiger partial charge < -0.3 is 21.3 Å². The van der Waals surface area contributed by atoms with Crippen LogP contribution in [0.15, 0.2) is 48.7 Å². The average molecular weight is 910 g/mol. The highest BCUT2D eigenvalue weighted by molar-refractivity contribution is 8.93. The summed E-state index contributed by atoms with van der Waals surface area (Å²) in [5, 5.41) is 14.2. The van der Waals surface area contributed by atoms with Crippen molar-refractivity contribution < 1.29 is 0 Å². The Morgan fingerprint density at radius 2 is 1.30 bits per heavy atom. The van der Waals surface area contributed by atoms with Crippen LogP contribution < -0.4 is 21.3 Å². The fourth-order valence-corrected chi connectivity index (χ4v) is 3.84. The van der Waals surface area contributed by atoms with Crippen LogP contribution in [0.2, 0.25) is 0 Å². The van der Waals surface area contributed by atoms with E-state index < -0.39 is 0 Å². The van der Waals surface area contributed by atoms with E-state index in [1.165, 1.54) is 24.0 Å². The van der Waals surface area contributed by atoms with Gasteiger partial charge in [0.15, 0.2) is 0 Å². The second-order valence-corrected chi connectivity index (χ2v) is 8.30. The normalized spacial score (nSPS) is 14.9. The highest BCUT2D eigenvalue weighted by Gasteiger charge is 2.07. The highest BCUT2D eigenvalue weighted by atomic mass is 79.9. The molecule has 3 rings (SSSR count). The van der Waals surface area contributed by atoms with Gasteiger partial charge in [-0.25, -0.2) is 0 Å². The van der Waals surface area contributed by atoms with Crippen molar-refractivity contribution >= 4 is 102 Å². The molecule has 2 aromatic rings. The number of rotatable bonds is 7. The lowest BCUT2D eigenvalue weighted by Crippen LogP contribution is -2.36. The van der Waals surface area contributed by atoms with Gasteiger partial charge in [0.1, 0.15) is 0 Å². The Labute approximate surface area is 287 Å². The maximum Gasteiger partial charge on any atom is 0.0416 e. The molecule has 1 saturated heterocycles. The van der Waals surface area contributed by atoms with Gasteiger partial charge in [0, 0.05) is 64.1 Å². The van der Waals surface area contributed by atoms with Crippen LogP contribution >= 0.6 is 102 Å². The maximum absolute atomic E-state index is 4.38. The summed E-state index contributed by atoms with van der Waals surface area (Å²) in [6.07, 6.45) is 5.21. The molecule has 0 saturated carbocycles. The molecule has 4 N–H and O–H groups in total. The fraction of sp³-hybridized carbons (Fsp3) is 0.560. The van der Waals surface area contributed by atoms with Crippen LogP contribution in [0.4, 0.5) is 0 Å². The van der Waals surface area contributed by atoms with Crippen molar-refractivity contribution in [2.24, 2.45) is 0 Å². The Morgan fingerprint density at radius 3 is 1.95 bits per heavy atom. The number of hydrogen-bond donors (Lipinski definition) is 4. The molecule has 1 aliphatic rings. The van der Waals surface area contributed by atoms with Crippen molar-refractivity contribution in [3.63, 3.8) is 0 Å². The second kappa shape index (κ2) is 30.0. The monoisotopic (exact) mass is 904 g/mol. The lowest BCUT2D eigenvalue weighted by Gasteiger charge is -2.23. The van der Waals surface area contributed by atoms with Crippen molar-refractivity contribution in [3.8, 4) is 0 Å². The Morgan fingerprint density at radius 1 is 0.676 bits per heavy atom. The Balaban J connectivity index is -0.000000907. The zero-order valence-electron chi connectivity index (χ0n) is 21.4. The van der Waals surface area contributed by atoms with Gasteiger partial charge in [-0.2, -0.15) is 0 Å². The molecule has 1 fully saturated rings. The van der Waals surface area contributed by atoms with Crippen LogP contribution in [0.3, 0.4) is 0 Å². The maximum atomic E-state index is 4.38. The summed E-state index contributed by atoms with van der Waals surface area (Å²) >= 11 is 0. The molecule has 1 aliphatic heterocycles. The van der Waals surface area contributed by atoms with Crippen molar-refractivity contribution in [1.29, 1.82) is 0 Å². The number of nitrogens with zero attached hydrogens (tertiary/aromatic N) is 2. The third-order valence-corrected chi connectivity index (χ3v) is 5.66.